The number of sulfonamides is 1. The maximum Gasteiger partial charge on any atom is 0.313 e. The summed E-state index contributed by atoms with van der Waals surface area (Å²) in [6.07, 6.45) is 1.21. The molecule has 2 rings (SSSR count). The molecule has 0 saturated heterocycles. The molecule has 1 aromatic rings. The Morgan fingerprint density at radius 3 is 2.95 bits per heavy atom. The molecule has 0 aromatic carbocycles. The number of amidine groups is 1. The Morgan fingerprint density at radius 1 is 1.53 bits per heavy atom. The molecule has 1 aliphatic rings. The maximum absolute atomic E-state index is 11.9. The van der Waals surface area contributed by atoms with E-state index in [-0.39, 0.29) is 29.6 Å². The van der Waals surface area contributed by atoms with Crippen LogP contribution in [-0.2, 0) is 19.6 Å². The number of carbonyl (C=O) groups is 1. The van der Waals surface area contributed by atoms with Gasteiger partial charge in [-0.05, 0) is 28.9 Å². The van der Waals surface area contributed by atoms with Crippen molar-refractivity contribution in [2.75, 3.05) is 11.9 Å². The molecule has 19 heavy (non-hydrogen) atoms. The number of aromatic nitrogens is 1. The van der Waals surface area contributed by atoms with Crippen LogP contribution in [0.25, 0.3) is 0 Å². The summed E-state index contributed by atoms with van der Waals surface area (Å²) in [5.74, 6) is -0.400. The third-order valence-electron chi connectivity index (χ3n) is 2.21. The summed E-state index contributed by atoms with van der Waals surface area (Å²) in [5.41, 5.74) is 0. The lowest BCUT2D eigenvalue weighted by molar-refractivity contribution is -0.141. The normalized spacial score (nSPS) is 16.0. The van der Waals surface area contributed by atoms with Gasteiger partial charge in [-0.1, -0.05) is 0 Å². The lowest BCUT2D eigenvalue weighted by Gasteiger charge is -2.16. The molecule has 0 fully saturated rings. The quantitative estimate of drug-likeness (QED) is 0.827. The van der Waals surface area contributed by atoms with E-state index in [2.05, 4.69) is 30.6 Å². The largest absolute Gasteiger partial charge is 0.466 e. The fraction of sp³-hybridized carbons (Fsp3) is 0.300. The van der Waals surface area contributed by atoms with Gasteiger partial charge in [-0.3, -0.25) is 4.79 Å². The molecule has 1 N–H and O–H groups in total. The first-order chi connectivity index (χ1) is 8.92. The van der Waals surface area contributed by atoms with Gasteiger partial charge >= 0.3 is 5.97 Å². The van der Waals surface area contributed by atoms with Gasteiger partial charge < -0.3 is 10.1 Å². The molecule has 9 heteroatoms. The van der Waals surface area contributed by atoms with Crippen molar-refractivity contribution in [3.8, 4) is 0 Å². The minimum absolute atomic E-state index is 0.000715. The molecule has 102 valence electrons. The van der Waals surface area contributed by atoms with Crippen LogP contribution in [-0.4, -0.2) is 31.8 Å². The summed E-state index contributed by atoms with van der Waals surface area (Å²) in [5, 5.41) is 2.71. The molecule has 0 aliphatic carbocycles. The minimum atomic E-state index is -3.85. The number of anilines is 1. The number of rotatable bonds is 3. The highest BCUT2D eigenvalue weighted by Crippen LogP contribution is 2.28. The smallest absolute Gasteiger partial charge is 0.313 e. The van der Waals surface area contributed by atoms with Crippen molar-refractivity contribution in [2.45, 2.75) is 18.2 Å². The van der Waals surface area contributed by atoms with Crippen molar-refractivity contribution >= 4 is 43.6 Å². The van der Waals surface area contributed by atoms with E-state index in [9.17, 15) is 13.2 Å². The number of pyridine rings is 1. The highest BCUT2D eigenvalue weighted by atomic mass is 79.9. The number of nitrogens with one attached hydrogen (secondary N) is 1. The van der Waals surface area contributed by atoms with E-state index in [1.54, 1.807) is 6.92 Å². The van der Waals surface area contributed by atoms with Crippen LogP contribution in [0, 0.1) is 0 Å². The maximum atomic E-state index is 11.9. The number of fused-ring (bicyclic) bond motifs is 1. The SMILES string of the molecule is CCOC(=O)CC1=NS(=O)(=O)c2cc(Br)cnc2N1. The molecule has 1 aliphatic heterocycles. The van der Waals surface area contributed by atoms with Crippen LogP contribution in [0.2, 0.25) is 0 Å². The van der Waals surface area contributed by atoms with Crippen molar-refractivity contribution in [3.63, 3.8) is 0 Å². The number of hydrogen-bond acceptors (Lipinski definition) is 6. The third kappa shape index (κ3) is 3.10. The Kier molecular flexibility index (Phi) is 3.85. The minimum Gasteiger partial charge on any atom is -0.466 e. The van der Waals surface area contributed by atoms with E-state index in [0.717, 1.165) is 0 Å². The Hall–Kier alpha value is -1.48. The number of nitrogens with zero attached hydrogens (tertiary/aromatic N) is 2. The molecule has 2 heterocycles. The average Bonchev–Trinajstić information content (AvgIpc) is 2.30. The van der Waals surface area contributed by atoms with Gasteiger partial charge in [-0.2, -0.15) is 8.42 Å². The molecule has 0 radical (unpaired) electrons. The van der Waals surface area contributed by atoms with E-state index in [4.69, 9.17) is 4.74 Å². The van der Waals surface area contributed by atoms with Crippen LogP contribution in [0.4, 0.5) is 5.82 Å². The second-order valence-electron chi connectivity index (χ2n) is 3.62. The number of hydrogen-bond donors (Lipinski definition) is 1. The standard InChI is InChI=1S/C10H10BrN3O4S/c1-2-18-9(15)4-8-13-10-7(19(16,17)14-8)3-6(11)5-12-10/h3,5H,2,4H2,1H3,(H,12,13,14). The predicted octanol–water partition coefficient (Wildman–Crippen LogP) is 1.31. The van der Waals surface area contributed by atoms with Crippen molar-refractivity contribution in [1.29, 1.82) is 0 Å². The lowest BCUT2D eigenvalue weighted by Crippen LogP contribution is -2.25. The summed E-state index contributed by atoms with van der Waals surface area (Å²) in [6, 6.07) is 1.40. The monoisotopic (exact) mass is 347 g/mol. The number of carbonyl (C=O) groups excluding carboxylic acids is 1. The highest BCUT2D eigenvalue weighted by molar-refractivity contribution is 9.10. The molecule has 0 bridgehead atoms. The molecule has 0 amide bonds. The third-order valence-corrected chi connectivity index (χ3v) is 3.97. The van der Waals surface area contributed by atoms with Crippen LogP contribution >= 0.6 is 15.9 Å². The topological polar surface area (TPSA) is 97.7 Å². The van der Waals surface area contributed by atoms with Crippen LogP contribution < -0.4 is 5.32 Å². The van der Waals surface area contributed by atoms with E-state index in [1.165, 1.54) is 12.3 Å². The number of halogens is 1. The van der Waals surface area contributed by atoms with Gasteiger partial charge in [-0.25, -0.2) is 4.98 Å². The van der Waals surface area contributed by atoms with Gasteiger partial charge in [0, 0.05) is 10.7 Å². The van der Waals surface area contributed by atoms with Gasteiger partial charge in [-0.15, -0.1) is 4.40 Å². The second-order valence-corrected chi connectivity index (χ2v) is 6.11. The van der Waals surface area contributed by atoms with Crippen molar-refractivity contribution < 1.29 is 17.9 Å². The zero-order valence-corrected chi connectivity index (χ0v) is 12.3. The van der Waals surface area contributed by atoms with E-state index in [1.807, 2.05) is 0 Å². The van der Waals surface area contributed by atoms with Gasteiger partial charge in [0.05, 0.1) is 6.61 Å². The molecular weight excluding hydrogens is 338 g/mol. The average molecular weight is 348 g/mol. The first kappa shape index (κ1) is 13.9. The Balaban J connectivity index is 2.32. The van der Waals surface area contributed by atoms with Gasteiger partial charge in [0.15, 0.2) is 5.82 Å². The van der Waals surface area contributed by atoms with Crippen molar-refractivity contribution in [1.82, 2.24) is 4.98 Å². The zero-order valence-electron chi connectivity index (χ0n) is 9.88. The first-order valence-electron chi connectivity index (χ1n) is 5.34. The Labute approximate surface area is 118 Å². The van der Waals surface area contributed by atoms with E-state index in [0.29, 0.717) is 4.47 Å². The molecule has 0 atom stereocenters. The molecule has 1 aromatic heterocycles. The fourth-order valence-corrected chi connectivity index (χ4v) is 3.10. The molecule has 7 nitrogen and oxygen atoms in total. The van der Waals surface area contributed by atoms with Crippen molar-refractivity contribution in [3.05, 3.63) is 16.7 Å². The first-order valence-corrected chi connectivity index (χ1v) is 7.57. The van der Waals surface area contributed by atoms with Crippen LogP contribution in [0.15, 0.2) is 26.0 Å². The zero-order chi connectivity index (χ0) is 14.0. The van der Waals surface area contributed by atoms with Gasteiger partial charge in [0.25, 0.3) is 10.0 Å². The molecule has 0 spiro atoms. The van der Waals surface area contributed by atoms with E-state index < -0.39 is 16.0 Å². The van der Waals surface area contributed by atoms with E-state index >= 15 is 0 Å². The van der Waals surface area contributed by atoms with Crippen LogP contribution in [0.3, 0.4) is 0 Å². The van der Waals surface area contributed by atoms with Gasteiger partial charge in [0.1, 0.15) is 17.2 Å². The highest BCUT2D eigenvalue weighted by Gasteiger charge is 2.27. The summed E-state index contributed by atoms with van der Waals surface area (Å²) in [4.78, 5) is 15.2. The van der Waals surface area contributed by atoms with Crippen LogP contribution in [0.5, 0.6) is 0 Å². The van der Waals surface area contributed by atoms with Crippen LogP contribution in [0.1, 0.15) is 13.3 Å². The molecule has 0 saturated carbocycles. The lowest BCUT2D eigenvalue weighted by atomic mass is 10.3. The van der Waals surface area contributed by atoms with Gasteiger partial charge in [0.2, 0.25) is 0 Å². The Bertz CT molecular complexity index is 657. The number of ether oxygens (including phenoxy) is 1. The van der Waals surface area contributed by atoms with Crippen molar-refractivity contribution in [2.24, 2.45) is 4.40 Å². The summed E-state index contributed by atoms with van der Waals surface area (Å²) in [7, 11) is -3.85. The molecule has 0 unspecified atom stereocenters. The fourth-order valence-electron chi connectivity index (χ4n) is 1.49. The summed E-state index contributed by atoms with van der Waals surface area (Å²) < 4.78 is 32.7. The summed E-state index contributed by atoms with van der Waals surface area (Å²) in [6.45, 7) is 1.89. The molecular formula is C10H10BrN3O4S. The Morgan fingerprint density at radius 2 is 2.26 bits per heavy atom. The second kappa shape index (κ2) is 5.25. The number of esters is 1. The summed E-state index contributed by atoms with van der Waals surface area (Å²) >= 11 is 3.14. The predicted molar refractivity (Wildman–Crippen MR) is 71.4 cm³/mol.